The average molecular weight is 270 g/mol. The Morgan fingerprint density at radius 2 is 2.17 bits per heavy atom. The van der Waals surface area contributed by atoms with Crippen LogP contribution in [-0.2, 0) is 23.9 Å². The van der Waals surface area contributed by atoms with E-state index >= 15 is 0 Å². The minimum atomic E-state index is -0.605. The van der Waals surface area contributed by atoms with E-state index in [4.69, 9.17) is 4.42 Å². The van der Waals surface area contributed by atoms with Gasteiger partial charge < -0.3 is 9.73 Å². The van der Waals surface area contributed by atoms with Gasteiger partial charge in [-0.1, -0.05) is 6.92 Å². The summed E-state index contributed by atoms with van der Waals surface area (Å²) in [5.41, 5.74) is 1.24. The molecule has 0 radical (unpaired) electrons. The number of aryl methyl sites for hydroxylation is 1. The second-order valence-electron chi connectivity index (χ2n) is 4.70. The lowest BCUT2D eigenvalue weighted by Crippen LogP contribution is -2.37. The summed E-state index contributed by atoms with van der Waals surface area (Å²) in [6.07, 6.45) is 0. The van der Waals surface area contributed by atoms with E-state index < -0.39 is 10.8 Å². The molecule has 1 aromatic rings. The molecular formula is C13H22N2O2S. The van der Waals surface area contributed by atoms with Crippen LogP contribution in [0.4, 0.5) is 0 Å². The SMILES string of the molecule is CCNCc1cc(CN2CCS(=O)CC2)oc1C. The Balaban J connectivity index is 1.91. The zero-order valence-corrected chi connectivity index (χ0v) is 12.0. The van der Waals surface area contributed by atoms with Gasteiger partial charge in [-0.2, -0.15) is 0 Å². The highest BCUT2D eigenvalue weighted by Gasteiger charge is 2.17. The maximum absolute atomic E-state index is 11.3. The molecule has 2 heterocycles. The maximum atomic E-state index is 11.3. The number of hydrogen-bond donors (Lipinski definition) is 1. The Hall–Kier alpha value is -0.650. The Kier molecular flexibility index (Phi) is 4.97. The second-order valence-corrected chi connectivity index (χ2v) is 6.39. The highest BCUT2D eigenvalue weighted by atomic mass is 32.2. The van der Waals surface area contributed by atoms with Gasteiger partial charge in [0.15, 0.2) is 0 Å². The lowest BCUT2D eigenvalue weighted by Gasteiger charge is -2.24. The van der Waals surface area contributed by atoms with E-state index in [1.165, 1.54) is 5.56 Å². The van der Waals surface area contributed by atoms with Crippen LogP contribution in [0.5, 0.6) is 0 Å². The van der Waals surface area contributed by atoms with E-state index in [1.54, 1.807) is 0 Å². The summed E-state index contributed by atoms with van der Waals surface area (Å²) in [5, 5.41) is 3.31. The van der Waals surface area contributed by atoms with Crippen LogP contribution >= 0.6 is 0 Å². The van der Waals surface area contributed by atoms with Crippen LogP contribution in [0.3, 0.4) is 0 Å². The molecule has 1 saturated heterocycles. The molecule has 1 fully saturated rings. The first-order valence-electron chi connectivity index (χ1n) is 6.55. The number of rotatable bonds is 5. The Morgan fingerprint density at radius 1 is 1.44 bits per heavy atom. The molecule has 0 spiro atoms. The fourth-order valence-corrected chi connectivity index (χ4v) is 3.28. The van der Waals surface area contributed by atoms with Gasteiger partial charge in [-0.25, -0.2) is 0 Å². The standard InChI is InChI=1S/C13H22N2O2S/c1-3-14-9-12-8-13(17-11(12)2)10-15-4-6-18(16)7-5-15/h8,14H,3-7,9-10H2,1-2H3. The van der Waals surface area contributed by atoms with Crippen LogP contribution in [0, 0.1) is 6.92 Å². The molecule has 0 aromatic carbocycles. The van der Waals surface area contributed by atoms with Gasteiger partial charge in [-0.3, -0.25) is 9.11 Å². The van der Waals surface area contributed by atoms with Gasteiger partial charge in [0.1, 0.15) is 11.5 Å². The fraction of sp³-hybridized carbons (Fsp3) is 0.692. The molecule has 1 aliphatic heterocycles. The summed E-state index contributed by atoms with van der Waals surface area (Å²) in [5.74, 6) is 3.62. The van der Waals surface area contributed by atoms with Gasteiger partial charge in [0.05, 0.1) is 6.54 Å². The summed E-state index contributed by atoms with van der Waals surface area (Å²) in [6.45, 7) is 8.62. The van der Waals surface area contributed by atoms with Gasteiger partial charge in [-0.05, 0) is 19.5 Å². The Labute approximate surface area is 111 Å². The largest absolute Gasteiger partial charge is 0.465 e. The van der Waals surface area contributed by atoms with Crippen molar-refractivity contribution in [1.29, 1.82) is 0 Å². The molecule has 4 nitrogen and oxygen atoms in total. The highest BCUT2D eigenvalue weighted by molar-refractivity contribution is 7.85. The molecule has 0 unspecified atom stereocenters. The number of furan rings is 1. The van der Waals surface area contributed by atoms with E-state index in [1.807, 2.05) is 6.92 Å². The summed E-state index contributed by atoms with van der Waals surface area (Å²) in [6, 6.07) is 2.14. The van der Waals surface area contributed by atoms with Gasteiger partial charge in [0.25, 0.3) is 0 Å². The van der Waals surface area contributed by atoms with Crippen LogP contribution < -0.4 is 5.32 Å². The van der Waals surface area contributed by atoms with E-state index in [9.17, 15) is 4.21 Å². The smallest absolute Gasteiger partial charge is 0.118 e. The first-order valence-corrected chi connectivity index (χ1v) is 8.04. The molecule has 0 atom stereocenters. The molecule has 18 heavy (non-hydrogen) atoms. The predicted molar refractivity (Wildman–Crippen MR) is 74.0 cm³/mol. The normalized spacial score (nSPS) is 18.3. The first-order chi connectivity index (χ1) is 8.69. The molecule has 2 rings (SSSR count). The molecular weight excluding hydrogens is 248 g/mol. The molecule has 5 heteroatoms. The van der Waals surface area contributed by atoms with Crippen LogP contribution in [-0.4, -0.2) is 40.2 Å². The Morgan fingerprint density at radius 3 is 2.83 bits per heavy atom. The maximum Gasteiger partial charge on any atom is 0.118 e. The Bertz CT molecular complexity index is 407. The zero-order valence-electron chi connectivity index (χ0n) is 11.2. The summed E-state index contributed by atoms with van der Waals surface area (Å²) < 4.78 is 17.1. The summed E-state index contributed by atoms with van der Waals surface area (Å²) in [7, 11) is -0.605. The quantitative estimate of drug-likeness (QED) is 0.875. The molecule has 0 aliphatic carbocycles. The average Bonchev–Trinajstić information content (AvgIpc) is 2.70. The molecule has 0 amide bonds. The molecule has 0 saturated carbocycles. The topological polar surface area (TPSA) is 45.5 Å². The van der Waals surface area contributed by atoms with Gasteiger partial charge >= 0.3 is 0 Å². The van der Waals surface area contributed by atoms with Crippen molar-refractivity contribution in [3.8, 4) is 0 Å². The fourth-order valence-electron chi connectivity index (χ4n) is 2.15. The van der Waals surface area contributed by atoms with Crippen LogP contribution in [0.25, 0.3) is 0 Å². The van der Waals surface area contributed by atoms with Crippen molar-refractivity contribution in [1.82, 2.24) is 10.2 Å². The van der Waals surface area contributed by atoms with Gasteiger partial charge in [-0.15, -0.1) is 0 Å². The second kappa shape index (κ2) is 6.50. The van der Waals surface area contributed by atoms with Crippen molar-refractivity contribution in [3.63, 3.8) is 0 Å². The third-order valence-corrected chi connectivity index (χ3v) is 4.56. The minimum absolute atomic E-state index is 0.605. The van der Waals surface area contributed by atoms with Crippen LogP contribution in [0.2, 0.25) is 0 Å². The van der Waals surface area contributed by atoms with E-state index in [0.717, 1.165) is 55.7 Å². The van der Waals surface area contributed by atoms with Crippen molar-refractivity contribution < 1.29 is 8.63 Å². The molecule has 1 aromatic heterocycles. The van der Waals surface area contributed by atoms with E-state index in [0.29, 0.717) is 0 Å². The number of hydrogen-bond acceptors (Lipinski definition) is 4. The van der Waals surface area contributed by atoms with Gasteiger partial charge in [0.2, 0.25) is 0 Å². The lowest BCUT2D eigenvalue weighted by molar-refractivity contribution is 0.263. The van der Waals surface area contributed by atoms with Crippen molar-refractivity contribution in [2.24, 2.45) is 0 Å². The van der Waals surface area contributed by atoms with E-state index in [2.05, 4.69) is 23.2 Å². The number of nitrogens with zero attached hydrogens (tertiary/aromatic N) is 1. The van der Waals surface area contributed by atoms with Gasteiger partial charge in [0, 0.05) is 47.5 Å². The molecule has 102 valence electrons. The monoisotopic (exact) mass is 270 g/mol. The third kappa shape index (κ3) is 3.67. The predicted octanol–water partition coefficient (Wildman–Crippen LogP) is 1.26. The molecule has 1 aliphatic rings. The van der Waals surface area contributed by atoms with Crippen LogP contribution in [0.15, 0.2) is 10.5 Å². The minimum Gasteiger partial charge on any atom is -0.465 e. The van der Waals surface area contributed by atoms with Crippen LogP contribution in [0.1, 0.15) is 24.0 Å². The van der Waals surface area contributed by atoms with Crippen molar-refractivity contribution in [2.45, 2.75) is 26.9 Å². The van der Waals surface area contributed by atoms with E-state index in [-0.39, 0.29) is 0 Å². The molecule has 1 N–H and O–H groups in total. The summed E-state index contributed by atoms with van der Waals surface area (Å²) >= 11 is 0. The van der Waals surface area contributed by atoms with Crippen molar-refractivity contribution in [2.75, 3.05) is 31.1 Å². The van der Waals surface area contributed by atoms with Crippen molar-refractivity contribution >= 4 is 10.8 Å². The molecule has 0 bridgehead atoms. The lowest BCUT2D eigenvalue weighted by atomic mass is 10.2. The highest BCUT2D eigenvalue weighted by Crippen LogP contribution is 2.17. The zero-order chi connectivity index (χ0) is 13.0. The first kappa shape index (κ1) is 13.8. The van der Waals surface area contributed by atoms with Crippen molar-refractivity contribution in [3.05, 3.63) is 23.2 Å². The number of nitrogens with one attached hydrogen (secondary N) is 1. The third-order valence-electron chi connectivity index (χ3n) is 3.29. The summed E-state index contributed by atoms with van der Waals surface area (Å²) in [4.78, 5) is 2.32.